The van der Waals surface area contributed by atoms with E-state index in [1.165, 1.54) is 18.4 Å². The lowest BCUT2D eigenvalue weighted by Crippen LogP contribution is -2.24. The summed E-state index contributed by atoms with van der Waals surface area (Å²) in [4.78, 5) is 15.5. The fourth-order valence-electron chi connectivity index (χ4n) is 1.92. The molecule has 1 aromatic rings. The lowest BCUT2D eigenvalue weighted by Gasteiger charge is -2.23. The monoisotopic (exact) mass is 302 g/mol. The highest BCUT2D eigenvalue weighted by atomic mass is 32.2. The van der Waals surface area contributed by atoms with Gasteiger partial charge in [0.05, 0.1) is 17.7 Å². The fourth-order valence-corrected chi connectivity index (χ4v) is 4.07. The molecule has 6 heteroatoms. The van der Waals surface area contributed by atoms with E-state index in [0.717, 1.165) is 35.8 Å². The average molecular weight is 302 g/mol. The minimum atomic E-state index is -0.350. The standard InChI is InChI=1S/C13H22N2O2S2/c1-5-7-15(8-6-2)12-10(18-4)9(14)11(19-12)13(16)17-3/h5-8,14H2,1-4H3. The van der Waals surface area contributed by atoms with Gasteiger partial charge in [0, 0.05) is 13.1 Å². The number of hydrogen-bond donors (Lipinski definition) is 1. The molecule has 0 spiro atoms. The summed E-state index contributed by atoms with van der Waals surface area (Å²) in [6, 6.07) is 0. The van der Waals surface area contributed by atoms with Gasteiger partial charge in [-0.25, -0.2) is 4.79 Å². The zero-order valence-corrected chi connectivity index (χ0v) is 13.6. The molecule has 19 heavy (non-hydrogen) atoms. The van der Waals surface area contributed by atoms with Gasteiger partial charge in [0.1, 0.15) is 9.88 Å². The predicted molar refractivity (Wildman–Crippen MR) is 84.6 cm³/mol. The molecular weight excluding hydrogens is 280 g/mol. The molecule has 0 saturated heterocycles. The Morgan fingerprint density at radius 2 is 1.95 bits per heavy atom. The third-order valence-electron chi connectivity index (χ3n) is 2.73. The molecule has 0 bridgehead atoms. The number of thioether (sulfide) groups is 1. The number of nitrogens with two attached hydrogens (primary N) is 1. The van der Waals surface area contributed by atoms with Crippen LogP contribution in [0.15, 0.2) is 4.90 Å². The molecule has 0 saturated carbocycles. The first-order chi connectivity index (χ1) is 9.10. The number of nitrogen functional groups attached to an aromatic ring is 1. The van der Waals surface area contributed by atoms with Crippen molar-refractivity contribution in [1.82, 2.24) is 0 Å². The van der Waals surface area contributed by atoms with E-state index in [1.54, 1.807) is 11.8 Å². The van der Waals surface area contributed by atoms with Crippen LogP contribution in [-0.2, 0) is 4.74 Å². The Morgan fingerprint density at radius 3 is 2.37 bits per heavy atom. The molecule has 1 rings (SSSR count). The first kappa shape index (κ1) is 16.2. The SMILES string of the molecule is CCCN(CCC)c1sc(C(=O)OC)c(N)c1SC. The molecule has 1 heterocycles. The number of thiophene rings is 1. The molecule has 4 nitrogen and oxygen atoms in total. The number of esters is 1. The van der Waals surface area contributed by atoms with Gasteiger partial charge in [0.2, 0.25) is 0 Å². The smallest absolute Gasteiger partial charge is 0.350 e. The number of methoxy groups -OCH3 is 1. The lowest BCUT2D eigenvalue weighted by atomic mass is 10.3. The Morgan fingerprint density at radius 1 is 1.37 bits per heavy atom. The van der Waals surface area contributed by atoms with Gasteiger partial charge in [-0.1, -0.05) is 13.8 Å². The highest BCUT2D eigenvalue weighted by Crippen LogP contribution is 2.44. The molecule has 0 aliphatic rings. The van der Waals surface area contributed by atoms with Gasteiger partial charge >= 0.3 is 5.97 Å². The van der Waals surface area contributed by atoms with Crippen molar-refractivity contribution in [3.63, 3.8) is 0 Å². The molecule has 0 atom stereocenters. The van der Waals surface area contributed by atoms with Crippen molar-refractivity contribution in [2.24, 2.45) is 0 Å². The van der Waals surface area contributed by atoms with Crippen LogP contribution in [0.1, 0.15) is 36.4 Å². The van der Waals surface area contributed by atoms with Crippen molar-refractivity contribution in [2.45, 2.75) is 31.6 Å². The normalized spacial score (nSPS) is 10.5. The van der Waals surface area contributed by atoms with Gasteiger partial charge in [-0.3, -0.25) is 0 Å². The Labute approximate surface area is 123 Å². The zero-order valence-electron chi connectivity index (χ0n) is 12.0. The molecule has 2 N–H and O–H groups in total. The first-order valence-electron chi connectivity index (χ1n) is 6.40. The largest absolute Gasteiger partial charge is 0.465 e. The van der Waals surface area contributed by atoms with Crippen molar-refractivity contribution >= 4 is 39.8 Å². The van der Waals surface area contributed by atoms with Gasteiger partial charge in [0.15, 0.2) is 0 Å². The van der Waals surface area contributed by atoms with E-state index < -0.39 is 0 Å². The Hall–Kier alpha value is -0.880. The van der Waals surface area contributed by atoms with Crippen molar-refractivity contribution in [3.05, 3.63) is 4.88 Å². The Balaban J connectivity index is 3.20. The molecule has 0 fully saturated rings. The van der Waals surface area contributed by atoms with Crippen LogP contribution in [0.5, 0.6) is 0 Å². The van der Waals surface area contributed by atoms with Gasteiger partial charge in [-0.2, -0.15) is 0 Å². The predicted octanol–water partition coefficient (Wildman–Crippen LogP) is 3.47. The third-order valence-corrected chi connectivity index (χ3v) is 4.93. The molecule has 108 valence electrons. The zero-order chi connectivity index (χ0) is 14.4. The summed E-state index contributed by atoms with van der Waals surface area (Å²) in [7, 11) is 1.38. The van der Waals surface area contributed by atoms with E-state index in [0.29, 0.717) is 10.6 Å². The van der Waals surface area contributed by atoms with Crippen LogP contribution in [-0.4, -0.2) is 32.4 Å². The second-order valence-corrected chi connectivity index (χ2v) is 5.98. The summed E-state index contributed by atoms with van der Waals surface area (Å²) >= 11 is 3.02. The quantitative estimate of drug-likeness (QED) is 0.617. The van der Waals surface area contributed by atoms with Crippen molar-refractivity contribution in [3.8, 4) is 0 Å². The van der Waals surface area contributed by atoms with Crippen LogP contribution in [0.25, 0.3) is 0 Å². The maximum atomic E-state index is 11.7. The van der Waals surface area contributed by atoms with E-state index >= 15 is 0 Å². The van der Waals surface area contributed by atoms with Crippen LogP contribution in [0.3, 0.4) is 0 Å². The van der Waals surface area contributed by atoms with E-state index in [-0.39, 0.29) is 5.97 Å². The van der Waals surface area contributed by atoms with Gasteiger partial charge in [0.25, 0.3) is 0 Å². The molecule has 0 amide bonds. The van der Waals surface area contributed by atoms with Crippen LogP contribution < -0.4 is 10.6 Å². The summed E-state index contributed by atoms with van der Waals surface area (Å²) in [6.07, 6.45) is 4.12. The summed E-state index contributed by atoms with van der Waals surface area (Å²) < 4.78 is 4.79. The first-order valence-corrected chi connectivity index (χ1v) is 8.44. The number of carbonyl (C=O) groups is 1. The second-order valence-electron chi connectivity index (χ2n) is 4.16. The fraction of sp³-hybridized carbons (Fsp3) is 0.615. The molecule has 0 radical (unpaired) electrons. The second kappa shape index (κ2) is 7.65. The van der Waals surface area contributed by atoms with E-state index in [9.17, 15) is 4.79 Å². The van der Waals surface area contributed by atoms with Crippen LogP contribution in [0.4, 0.5) is 10.7 Å². The van der Waals surface area contributed by atoms with Crippen LogP contribution in [0.2, 0.25) is 0 Å². The number of anilines is 2. The minimum Gasteiger partial charge on any atom is -0.465 e. The van der Waals surface area contributed by atoms with Gasteiger partial charge in [-0.05, 0) is 19.1 Å². The summed E-state index contributed by atoms with van der Waals surface area (Å²) in [5.74, 6) is -0.350. The minimum absolute atomic E-state index is 0.350. The maximum absolute atomic E-state index is 11.7. The maximum Gasteiger partial charge on any atom is 0.350 e. The number of hydrogen-bond acceptors (Lipinski definition) is 6. The third kappa shape index (κ3) is 3.57. The Kier molecular flexibility index (Phi) is 6.51. The van der Waals surface area contributed by atoms with Crippen molar-refractivity contribution in [1.29, 1.82) is 0 Å². The van der Waals surface area contributed by atoms with E-state index in [1.807, 2.05) is 6.26 Å². The molecule has 0 aliphatic carbocycles. The summed E-state index contributed by atoms with van der Waals surface area (Å²) in [6.45, 7) is 6.25. The van der Waals surface area contributed by atoms with Crippen LogP contribution >= 0.6 is 23.1 Å². The average Bonchev–Trinajstić information content (AvgIpc) is 2.74. The van der Waals surface area contributed by atoms with Crippen molar-refractivity contribution < 1.29 is 9.53 Å². The number of nitrogens with zero attached hydrogens (tertiary/aromatic N) is 1. The summed E-state index contributed by atoms with van der Waals surface area (Å²) in [5.41, 5.74) is 6.64. The molecule has 0 unspecified atom stereocenters. The van der Waals surface area contributed by atoms with Crippen molar-refractivity contribution in [2.75, 3.05) is 37.1 Å². The lowest BCUT2D eigenvalue weighted by molar-refractivity contribution is 0.0607. The van der Waals surface area contributed by atoms with Gasteiger partial charge in [-0.15, -0.1) is 23.1 Å². The highest BCUT2D eigenvalue weighted by molar-refractivity contribution is 7.99. The Bertz CT molecular complexity index is 427. The van der Waals surface area contributed by atoms with Crippen LogP contribution in [0, 0.1) is 0 Å². The van der Waals surface area contributed by atoms with Gasteiger partial charge < -0.3 is 15.4 Å². The number of ether oxygens (including phenoxy) is 1. The topological polar surface area (TPSA) is 55.6 Å². The molecule has 0 aliphatic heterocycles. The van der Waals surface area contributed by atoms with E-state index in [4.69, 9.17) is 10.5 Å². The number of carbonyl (C=O) groups excluding carboxylic acids is 1. The van der Waals surface area contributed by atoms with E-state index in [2.05, 4.69) is 18.7 Å². The molecular formula is C13H22N2O2S2. The molecule has 1 aromatic heterocycles. The summed E-state index contributed by atoms with van der Waals surface area (Å²) in [5, 5.41) is 1.09. The molecule has 0 aromatic carbocycles. The number of rotatable bonds is 7. The highest BCUT2D eigenvalue weighted by Gasteiger charge is 2.23.